The van der Waals surface area contributed by atoms with Crippen molar-refractivity contribution in [3.05, 3.63) is 222 Å². The van der Waals surface area contributed by atoms with Crippen LogP contribution in [-0.4, -0.2) is 8.07 Å². The zero-order valence-corrected chi connectivity index (χ0v) is 29.9. The van der Waals surface area contributed by atoms with Gasteiger partial charge in [-0.1, -0.05) is 175 Å². The van der Waals surface area contributed by atoms with Gasteiger partial charge in [0.2, 0.25) is 0 Å². The van der Waals surface area contributed by atoms with Gasteiger partial charge in [0.25, 0.3) is 0 Å². The average Bonchev–Trinajstić information content (AvgIpc) is 3.23. The third-order valence-corrected chi connectivity index (χ3v) is 16.6. The molecule has 1 unspecified atom stereocenters. The number of allylic oxidation sites excluding steroid dienone is 4. The molecule has 0 bridgehead atoms. The van der Waals surface area contributed by atoms with E-state index in [1.165, 1.54) is 60.3 Å². The topological polar surface area (TPSA) is 24.1 Å². The monoisotopic (exact) mass is 682 g/mol. The van der Waals surface area contributed by atoms with Crippen molar-refractivity contribution in [3.63, 3.8) is 0 Å². The number of nitrogens with one attached hydrogen (secondary N) is 2. The standard InChI is InChI=1S/C49H38N2Si/c1-5-17-37(18-6-1)49(38-19-7-2-8-20-38)41-25-13-14-26-43(41)50-45-33-35(29-31-42(45)49)36-30-32-48-46(34-36)51-44-27-15-16-28-47(44)52(48,39-21-9-3-10-22-39)40-23-11-4-12-24-40/h1-11,13-23,25-34,50-51H,12,24H2. The summed E-state index contributed by atoms with van der Waals surface area (Å²) in [5, 5.41) is 13.7. The van der Waals surface area contributed by atoms with Crippen LogP contribution in [0.25, 0.3) is 11.1 Å². The highest BCUT2D eigenvalue weighted by Crippen LogP contribution is 2.54. The minimum Gasteiger partial charge on any atom is -0.356 e. The Morgan fingerprint density at radius 2 is 1.02 bits per heavy atom. The molecule has 0 fully saturated rings. The van der Waals surface area contributed by atoms with E-state index in [2.05, 4.69) is 205 Å². The van der Waals surface area contributed by atoms with Gasteiger partial charge in [-0.05, 0) is 86.0 Å². The zero-order chi connectivity index (χ0) is 34.5. The van der Waals surface area contributed by atoms with E-state index in [0.29, 0.717) is 0 Å². The summed E-state index contributed by atoms with van der Waals surface area (Å²) >= 11 is 0. The lowest BCUT2D eigenvalue weighted by molar-refractivity contribution is 0.740. The lowest BCUT2D eigenvalue weighted by Crippen LogP contribution is -2.71. The minimum absolute atomic E-state index is 0.470. The summed E-state index contributed by atoms with van der Waals surface area (Å²) < 4.78 is 0. The van der Waals surface area contributed by atoms with Crippen molar-refractivity contribution in [2.24, 2.45) is 0 Å². The SMILES string of the molecule is C1=CCCC([Si]2(c3ccccc3)c3ccccc3Nc3cc(-c4ccc5c(c4)Nc4ccccc4C5(c4ccccc4)c4ccccc4)ccc32)=C1. The molecule has 2 heterocycles. The van der Waals surface area contributed by atoms with Gasteiger partial charge in [0, 0.05) is 22.7 Å². The van der Waals surface area contributed by atoms with Crippen molar-refractivity contribution in [2.45, 2.75) is 18.3 Å². The molecule has 0 spiro atoms. The summed E-state index contributed by atoms with van der Waals surface area (Å²) in [6, 6.07) is 65.3. The quantitative estimate of drug-likeness (QED) is 0.177. The highest BCUT2D eigenvalue weighted by Gasteiger charge is 2.48. The predicted octanol–water partition coefficient (Wildman–Crippen LogP) is 10.1. The number of benzene rings is 7. The van der Waals surface area contributed by atoms with Gasteiger partial charge >= 0.3 is 0 Å². The molecule has 0 amide bonds. The van der Waals surface area contributed by atoms with Crippen LogP contribution in [0.1, 0.15) is 35.1 Å². The fourth-order valence-electron chi connectivity index (χ4n) is 9.34. The van der Waals surface area contributed by atoms with Crippen molar-refractivity contribution in [1.29, 1.82) is 0 Å². The minimum atomic E-state index is -2.55. The first kappa shape index (κ1) is 30.6. The fraction of sp³-hybridized carbons (Fsp3) is 0.0612. The molecule has 2 aliphatic heterocycles. The van der Waals surface area contributed by atoms with E-state index in [0.717, 1.165) is 24.2 Å². The third kappa shape index (κ3) is 4.49. The summed E-state index contributed by atoms with van der Waals surface area (Å²) in [7, 11) is -2.55. The zero-order valence-electron chi connectivity index (χ0n) is 28.9. The molecule has 248 valence electrons. The number of hydrogen-bond acceptors (Lipinski definition) is 2. The van der Waals surface area contributed by atoms with E-state index in [4.69, 9.17) is 0 Å². The van der Waals surface area contributed by atoms with Gasteiger partial charge in [-0.25, -0.2) is 0 Å². The Hall–Kier alpha value is -6.16. The van der Waals surface area contributed by atoms with E-state index < -0.39 is 13.5 Å². The molecule has 52 heavy (non-hydrogen) atoms. The van der Waals surface area contributed by atoms with Crippen LogP contribution in [-0.2, 0) is 5.41 Å². The van der Waals surface area contributed by atoms with Crippen LogP contribution < -0.4 is 26.2 Å². The van der Waals surface area contributed by atoms with Crippen LogP contribution in [0.4, 0.5) is 22.7 Å². The fourth-order valence-corrected chi connectivity index (χ4v) is 14.6. The summed E-state index contributed by atoms with van der Waals surface area (Å²) in [5.41, 5.74) is 11.7. The maximum absolute atomic E-state index is 3.92. The van der Waals surface area contributed by atoms with E-state index in [-0.39, 0.29) is 0 Å². The second-order valence-corrected chi connectivity index (χ2v) is 17.9. The Labute approximate surface area is 306 Å². The summed E-state index contributed by atoms with van der Waals surface area (Å²) in [6.45, 7) is 0. The van der Waals surface area contributed by atoms with Crippen molar-refractivity contribution >= 4 is 46.4 Å². The molecular formula is C49H38N2Si. The molecule has 2 nitrogen and oxygen atoms in total. The molecule has 0 radical (unpaired) electrons. The maximum atomic E-state index is 3.92. The Balaban J connectivity index is 1.17. The Morgan fingerprint density at radius 3 is 1.73 bits per heavy atom. The van der Waals surface area contributed by atoms with E-state index in [1.54, 1.807) is 5.20 Å². The second-order valence-electron chi connectivity index (χ2n) is 14.1. The van der Waals surface area contributed by atoms with Crippen molar-refractivity contribution in [3.8, 4) is 11.1 Å². The molecule has 7 aromatic carbocycles. The number of rotatable bonds is 5. The smallest absolute Gasteiger partial charge is 0.180 e. The highest BCUT2D eigenvalue weighted by molar-refractivity contribution is 7.17. The van der Waals surface area contributed by atoms with Crippen molar-refractivity contribution < 1.29 is 0 Å². The Morgan fingerprint density at radius 1 is 0.462 bits per heavy atom. The first-order valence-electron chi connectivity index (χ1n) is 18.3. The van der Waals surface area contributed by atoms with Crippen LogP contribution >= 0.6 is 0 Å². The van der Waals surface area contributed by atoms with Gasteiger partial charge in [0.05, 0.1) is 5.41 Å². The van der Waals surface area contributed by atoms with E-state index >= 15 is 0 Å². The highest BCUT2D eigenvalue weighted by atomic mass is 28.3. The number of hydrogen-bond donors (Lipinski definition) is 2. The van der Waals surface area contributed by atoms with Crippen LogP contribution in [0, 0.1) is 0 Å². The normalized spacial score (nSPS) is 17.7. The third-order valence-electron chi connectivity index (χ3n) is 11.5. The molecular weight excluding hydrogens is 645 g/mol. The molecule has 3 heteroatoms. The van der Waals surface area contributed by atoms with Gasteiger partial charge in [-0.3, -0.25) is 0 Å². The first-order valence-corrected chi connectivity index (χ1v) is 20.3. The largest absolute Gasteiger partial charge is 0.356 e. The van der Waals surface area contributed by atoms with Gasteiger partial charge < -0.3 is 10.6 Å². The molecule has 1 atom stereocenters. The summed E-state index contributed by atoms with van der Waals surface area (Å²) in [6.07, 6.45) is 9.16. The van der Waals surface area contributed by atoms with Gasteiger partial charge in [-0.15, -0.1) is 0 Å². The number of para-hydroxylation sites is 2. The summed E-state index contributed by atoms with van der Waals surface area (Å²) in [4.78, 5) is 0. The molecule has 2 N–H and O–H groups in total. The Bertz CT molecular complexity index is 2480. The molecule has 0 saturated heterocycles. The lowest BCUT2D eigenvalue weighted by atomic mass is 9.62. The van der Waals surface area contributed by atoms with E-state index in [1.807, 2.05) is 0 Å². The summed E-state index contributed by atoms with van der Waals surface area (Å²) in [5.74, 6) is 0. The molecule has 0 saturated carbocycles. The Kier molecular flexibility index (Phi) is 7.22. The molecule has 7 aromatic rings. The van der Waals surface area contributed by atoms with Crippen molar-refractivity contribution in [2.75, 3.05) is 10.6 Å². The van der Waals surface area contributed by atoms with Crippen LogP contribution in [0.2, 0.25) is 0 Å². The molecule has 0 aromatic heterocycles. The van der Waals surface area contributed by atoms with Crippen LogP contribution in [0.3, 0.4) is 0 Å². The maximum Gasteiger partial charge on any atom is 0.180 e. The number of fused-ring (bicyclic) bond motifs is 4. The van der Waals surface area contributed by atoms with E-state index in [9.17, 15) is 0 Å². The lowest BCUT2D eigenvalue weighted by Gasteiger charge is -2.43. The van der Waals surface area contributed by atoms with Gasteiger partial charge in [-0.2, -0.15) is 0 Å². The second kappa shape index (κ2) is 12.3. The first-order chi connectivity index (χ1) is 25.8. The molecule has 3 aliphatic rings. The van der Waals surface area contributed by atoms with Crippen molar-refractivity contribution in [1.82, 2.24) is 0 Å². The van der Waals surface area contributed by atoms with Gasteiger partial charge in [0.15, 0.2) is 8.07 Å². The molecule has 10 rings (SSSR count). The van der Waals surface area contributed by atoms with Crippen LogP contribution in [0.15, 0.2) is 199 Å². The van der Waals surface area contributed by atoms with Crippen LogP contribution in [0.5, 0.6) is 0 Å². The molecule has 1 aliphatic carbocycles. The average molecular weight is 683 g/mol. The predicted molar refractivity (Wildman–Crippen MR) is 221 cm³/mol. The number of anilines is 4. The van der Waals surface area contributed by atoms with Gasteiger partial charge in [0.1, 0.15) is 0 Å².